The van der Waals surface area contributed by atoms with Crippen LogP contribution in [0.3, 0.4) is 0 Å². The zero-order chi connectivity index (χ0) is 15.5. The van der Waals surface area contributed by atoms with Gasteiger partial charge < -0.3 is 9.47 Å². The molecular formula is C16H15NO3S2. The molecule has 0 saturated carbocycles. The van der Waals surface area contributed by atoms with Crippen LogP contribution < -0.4 is 4.74 Å². The number of hydrogen-bond acceptors (Lipinski definition) is 5. The van der Waals surface area contributed by atoms with Crippen molar-refractivity contribution in [3.63, 3.8) is 0 Å². The van der Waals surface area contributed by atoms with Gasteiger partial charge in [0, 0.05) is 12.7 Å². The number of ether oxygens (including phenoxy) is 2. The zero-order valence-electron chi connectivity index (χ0n) is 12.1. The fourth-order valence-corrected chi connectivity index (χ4v) is 3.58. The van der Waals surface area contributed by atoms with Crippen LogP contribution in [0.2, 0.25) is 0 Å². The maximum absolute atomic E-state index is 12.4. The summed E-state index contributed by atoms with van der Waals surface area (Å²) in [6, 6.07) is 7.84. The van der Waals surface area contributed by atoms with Crippen molar-refractivity contribution in [2.45, 2.75) is 0 Å². The first-order valence-corrected chi connectivity index (χ1v) is 8.08. The highest BCUT2D eigenvalue weighted by Crippen LogP contribution is 2.33. The summed E-state index contributed by atoms with van der Waals surface area (Å²) in [5.74, 6) is 0.805. The summed E-state index contributed by atoms with van der Waals surface area (Å²) in [7, 11) is 1.61. The Hall–Kier alpha value is -1.63. The Morgan fingerprint density at radius 3 is 3.09 bits per heavy atom. The number of thioether (sulfide) groups is 1. The van der Waals surface area contributed by atoms with Gasteiger partial charge in [0.15, 0.2) is 0 Å². The van der Waals surface area contributed by atoms with Crippen LogP contribution in [0.5, 0.6) is 5.75 Å². The number of rotatable bonds is 4. The van der Waals surface area contributed by atoms with Crippen LogP contribution in [0, 0.1) is 0 Å². The first-order valence-electron chi connectivity index (χ1n) is 6.86. The number of para-hydroxylation sites is 1. The maximum atomic E-state index is 12.4. The van der Waals surface area contributed by atoms with Gasteiger partial charge in [0.05, 0.1) is 18.1 Å². The van der Waals surface area contributed by atoms with Crippen LogP contribution in [0.15, 0.2) is 40.8 Å². The Balaban J connectivity index is 1.80. The fraction of sp³-hybridized carbons (Fsp3) is 0.250. The third kappa shape index (κ3) is 3.09. The summed E-state index contributed by atoms with van der Waals surface area (Å²) >= 11 is 6.58. The van der Waals surface area contributed by atoms with Gasteiger partial charge in [-0.2, -0.15) is 0 Å². The molecule has 4 nitrogen and oxygen atoms in total. The van der Waals surface area contributed by atoms with Gasteiger partial charge in [-0.05, 0) is 23.8 Å². The highest BCUT2D eigenvalue weighted by Gasteiger charge is 2.31. The number of nitrogens with zero attached hydrogens (tertiary/aromatic N) is 1. The summed E-state index contributed by atoms with van der Waals surface area (Å²) < 4.78 is 11.3. The van der Waals surface area contributed by atoms with Gasteiger partial charge >= 0.3 is 0 Å². The van der Waals surface area contributed by atoms with Crippen molar-refractivity contribution in [3.8, 4) is 5.75 Å². The van der Waals surface area contributed by atoms with E-state index in [1.807, 2.05) is 36.4 Å². The number of carbonyl (C=O) groups is 1. The van der Waals surface area contributed by atoms with Gasteiger partial charge in [0.1, 0.15) is 16.7 Å². The molecule has 1 fully saturated rings. The lowest BCUT2D eigenvalue weighted by Crippen LogP contribution is -2.31. The van der Waals surface area contributed by atoms with Crippen LogP contribution in [-0.4, -0.2) is 42.0 Å². The molecule has 22 heavy (non-hydrogen) atoms. The van der Waals surface area contributed by atoms with Crippen molar-refractivity contribution >= 4 is 40.3 Å². The van der Waals surface area contributed by atoms with Crippen molar-refractivity contribution in [3.05, 3.63) is 46.4 Å². The second kappa shape index (κ2) is 6.64. The molecule has 0 atom stereocenters. The summed E-state index contributed by atoms with van der Waals surface area (Å²) in [5.41, 5.74) is 1.99. The molecule has 0 radical (unpaired) electrons. The van der Waals surface area contributed by atoms with Crippen molar-refractivity contribution < 1.29 is 14.3 Å². The van der Waals surface area contributed by atoms with Gasteiger partial charge in [-0.1, -0.05) is 42.2 Å². The van der Waals surface area contributed by atoms with E-state index < -0.39 is 0 Å². The number of benzene rings is 1. The van der Waals surface area contributed by atoms with Gasteiger partial charge in [-0.15, -0.1) is 0 Å². The van der Waals surface area contributed by atoms with Gasteiger partial charge in [-0.3, -0.25) is 9.69 Å². The molecule has 0 aromatic heterocycles. The molecule has 3 rings (SSSR count). The standard InChI is InChI=1S/C16H15NO3S2/c1-19-7-6-17-15(18)14(22-16(17)21)9-11-8-12-4-2-3-5-13(12)20-10-11/h2-5,8-9H,6-7,10H2,1H3. The largest absolute Gasteiger partial charge is 0.488 e. The van der Waals surface area contributed by atoms with E-state index in [1.54, 1.807) is 12.0 Å². The molecule has 2 aliphatic rings. The summed E-state index contributed by atoms with van der Waals surface area (Å²) in [4.78, 5) is 14.6. The van der Waals surface area contributed by atoms with E-state index in [0.29, 0.717) is 29.0 Å². The molecule has 1 aromatic rings. The molecule has 6 heteroatoms. The molecule has 0 unspecified atom stereocenters. The molecule has 2 heterocycles. The third-order valence-electron chi connectivity index (χ3n) is 3.36. The van der Waals surface area contributed by atoms with Gasteiger partial charge in [0.25, 0.3) is 5.91 Å². The Morgan fingerprint density at radius 1 is 1.45 bits per heavy atom. The molecule has 1 saturated heterocycles. The fourth-order valence-electron chi connectivity index (χ4n) is 2.26. The minimum atomic E-state index is -0.0631. The Labute approximate surface area is 138 Å². The number of fused-ring (bicyclic) bond motifs is 1. The zero-order valence-corrected chi connectivity index (χ0v) is 13.7. The van der Waals surface area contributed by atoms with Crippen LogP contribution in [0.4, 0.5) is 0 Å². The highest BCUT2D eigenvalue weighted by atomic mass is 32.2. The Morgan fingerprint density at radius 2 is 2.27 bits per heavy atom. The van der Waals surface area contributed by atoms with Crippen molar-refractivity contribution in [2.24, 2.45) is 0 Å². The normalized spacial score (nSPS) is 19.2. The predicted octanol–water partition coefficient (Wildman–Crippen LogP) is 2.85. The number of thiocarbonyl (C=S) groups is 1. The SMILES string of the molecule is COCCN1C(=O)C(=CC2=Cc3ccccc3OC2)SC1=S. The van der Waals surface area contributed by atoms with E-state index >= 15 is 0 Å². The minimum absolute atomic E-state index is 0.0631. The van der Waals surface area contributed by atoms with Gasteiger partial charge in [-0.25, -0.2) is 0 Å². The Bertz CT molecular complexity index is 682. The van der Waals surface area contributed by atoms with Crippen molar-refractivity contribution in [2.75, 3.05) is 26.9 Å². The monoisotopic (exact) mass is 333 g/mol. The predicted molar refractivity (Wildman–Crippen MR) is 91.8 cm³/mol. The molecule has 0 N–H and O–H groups in total. The van der Waals surface area contributed by atoms with Crippen LogP contribution in [0.1, 0.15) is 5.56 Å². The van der Waals surface area contributed by atoms with E-state index in [0.717, 1.165) is 16.9 Å². The first-order chi connectivity index (χ1) is 10.7. The molecular weight excluding hydrogens is 318 g/mol. The van der Waals surface area contributed by atoms with Crippen molar-refractivity contribution in [1.29, 1.82) is 0 Å². The van der Waals surface area contributed by atoms with E-state index in [1.165, 1.54) is 11.8 Å². The number of carbonyl (C=O) groups excluding carboxylic acids is 1. The lowest BCUT2D eigenvalue weighted by Gasteiger charge is -2.16. The van der Waals surface area contributed by atoms with E-state index in [-0.39, 0.29) is 5.91 Å². The second-order valence-electron chi connectivity index (χ2n) is 4.87. The third-order valence-corrected chi connectivity index (χ3v) is 4.74. The van der Waals surface area contributed by atoms with Crippen LogP contribution >= 0.6 is 24.0 Å². The second-order valence-corrected chi connectivity index (χ2v) is 6.55. The Kier molecular flexibility index (Phi) is 4.61. The van der Waals surface area contributed by atoms with Crippen LogP contribution in [0.25, 0.3) is 6.08 Å². The molecule has 1 amide bonds. The van der Waals surface area contributed by atoms with Crippen molar-refractivity contribution in [1.82, 2.24) is 4.90 Å². The lowest BCUT2D eigenvalue weighted by atomic mass is 10.1. The quantitative estimate of drug-likeness (QED) is 0.626. The molecule has 0 spiro atoms. The number of methoxy groups -OCH3 is 1. The van der Waals surface area contributed by atoms with Gasteiger partial charge in [0.2, 0.25) is 0 Å². The number of hydrogen-bond donors (Lipinski definition) is 0. The topological polar surface area (TPSA) is 38.8 Å². The summed E-state index contributed by atoms with van der Waals surface area (Å²) in [6.45, 7) is 1.41. The lowest BCUT2D eigenvalue weighted by molar-refractivity contribution is -0.122. The summed E-state index contributed by atoms with van der Waals surface area (Å²) in [5, 5.41) is 0. The maximum Gasteiger partial charge on any atom is 0.266 e. The summed E-state index contributed by atoms with van der Waals surface area (Å²) in [6.07, 6.45) is 3.91. The first kappa shape index (κ1) is 15.3. The number of amides is 1. The average Bonchev–Trinajstić information content (AvgIpc) is 2.79. The van der Waals surface area contributed by atoms with E-state index in [9.17, 15) is 4.79 Å². The molecule has 2 aliphatic heterocycles. The smallest absolute Gasteiger partial charge is 0.266 e. The van der Waals surface area contributed by atoms with Crippen LogP contribution in [-0.2, 0) is 9.53 Å². The molecule has 114 valence electrons. The molecule has 0 bridgehead atoms. The average molecular weight is 333 g/mol. The van der Waals surface area contributed by atoms with E-state index in [2.05, 4.69) is 0 Å². The van der Waals surface area contributed by atoms with E-state index in [4.69, 9.17) is 21.7 Å². The highest BCUT2D eigenvalue weighted by molar-refractivity contribution is 8.26. The molecule has 0 aliphatic carbocycles. The minimum Gasteiger partial charge on any atom is -0.488 e. The molecule has 1 aromatic carbocycles.